The second kappa shape index (κ2) is 13.5. The van der Waals surface area contributed by atoms with Gasteiger partial charge in [0.05, 0.1) is 49.8 Å². The highest BCUT2D eigenvalue weighted by atomic mass is 15.1. The monoisotopic (exact) mass is 817 g/mol. The minimum Gasteiger partial charge on any atom is -0.309 e. The molecule has 0 amide bonds. The molecule has 0 spiro atoms. The number of aromatic nitrogens is 4. The fourth-order valence-corrected chi connectivity index (χ4v) is 10.9. The van der Waals surface area contributed by atoms with Gasteiger partial charge in [-0.05, 0) is 103 Å². The first-order valence-electron chi connectivity index (χ1n) is 22.2. The third kappa shape index (κ3) is 4.98. The summed E-state index contributed by atoms with van der Waals surface area (Å²) < 4.78 is 9.72. The Bertz CT molecular complexity index is 4120. The molecule has 0 saturated carbocycles. The Morgan fingerprint density at radius 2 is 0.750 bits per heavy atom. The zero-order valence-electron chi connectivity index (χ0n) is 34.9. The summed E-state index contributed by atoms with van der Waals surface area (Å²) in [5.74, 6) is 0.986. The number of rotatable bonds is 5. The first kappa shape index (κ1) is 35.2. The number of hydrogen-bond donors (Lipinski definition) is 0. The standard InChI is InChI=1S/C59H39N5/c1-3-17-38(18-4-1)48-27-16-32-57(60-48)64-52-31-14-10-26-45(52)59-54(64)34-33-53-58(59)44-25-9-13-30-51(44)62(53)40-21-15-22-41(35-40)63-50-29-12-8-24-43(50)47-36-55-46(37-56(47)63)42-23-7-11-28-49(42)61(55)39-19-5-2-6-20-39/h1-15,17-26,28-37H,16,27H2. The van der Waals surface area contributed by atoms with Crippen LogP contribution in [-0.2, 0) is 0 Å². The Labute approximate surface area is 368 Å². The van der Waals surface area contributed by atoms with E-state index in [9.17, 15) is 0 Å². The molecule has 9 aromatic carbocycles. The van der Waals surface area contributed by atoms with E-state index in [1.54, 1.807) is 0 Å². The van der Waals surface area contributed by atoms with Gasteiger partial charge in [-0.2, -0.15) is 0 Å². The molecule has 0 N–H and O–H groups in total. The van der Waals surface area contributed by atoms with Gasteiger partial charge < -0.3 is 13.7 Å². The van der Waals surface area contributed by atoms with E-state index in [0.717, 1.165) is 41.4 Å². The Morgan fingerprint density at radius 3 is 1.34 bits per heavy atom. The van der Waals surface area contributed by atoms with Crippen molar-refractivity contribution >= 4 is 98.8 Å². The lowest BCUT2D eigenvalue weighted by molar-refractivity contribution is 1.02. The van der Waals surface area contributed by atoms with Gasteiger partial charge in [0.25, 0.3) is 0 Å². The minimum absolute atomic E-state index is 0.930. The van der Waals surface area contributed by atoms with Crippen LogP contribution in [-0.4, -0.2) is 24.0 Å². The highest BCUT2D eigenvalue weighted by molar-refractivity contribution is 6.29. The molecular formula is C59H39N5. The second-order valence-electron chi connectivity index (χ2n) is 17.0. The molecule has 300 valence electrons. The van der Waals surface area contributed by atoms with Crippen LogP contribution in [0.3, 0.4) is 0 Å². The maximum Gasteiger partial charge on any atom is 0.133 e. The van der Waals surface area contributed by atoms with Crippen molar-refractivity contribution in [1.29, 1.82) is 0 Å². The minimum atomic E-state index is 0.930. The molecule has 5 heteroatoms. The Hall–Kier alpha value is -8.41. The lowest BCUT2D eigenvalue weighted by Crippen LogP contribution is -2.08. The van der Waals surface area contributed by atoms with Crippen LogP contribution in [0.25, 0.3) is 110 Å². The molecule has 0 radical (unpaired) electrons. The summed E-state index contributed by atoms with van der Waals surface area (Å²) in [5, 5.41) is 9.92. The lowest BCUT2D eigenvalue weighted by Gasteiger charge is -2.16. The van der Waals surface area contributed by atoms with Crippen LogP contribution in [0.15, 0.2) is 217 Å². The van der Waals surface area contributed by atoms with Gasteiger partial charge in [0.15, 0.2) is 0 Å². The molecule has 1 aliphatic rings. The van der Waals surface area contributed by atoms with Crippen molar-refractivity contribution in [3.63, 3.8) is 0 Å². The lowest BCUT2D eigenvalue weighted by atomic mass is 10.0. The Morgan fingerprint density at radius 1 is 0.312 bits per heavy atom. The highest BCUT2D eigenvalue weighted by Crippen LogP contribution is 2.44. The van der Waals surface area contributed by atoms with Gasteiger partial charge in [0.2, 0.25) is 0 Å². The summed E-state index contributed by atoms with van der Waals surface area (Å²) >= 11 is 0. The zero-order valence-corrected chi connectivity index (χ0v) is 34.9. The number of aliphatic imine (C=N–C) groups is 1. The number of para-hydroxylation sites is 5. The van der Waals surface area contributed by atoms with Crippen LogP contribution in [0.2, 0.25) is 0 Å². The zero-order chi connectivity index (χ0) is 41.9. The van der Waals surface area contributed by atoms with Gasteiger partial charge in [-0.1, -0.05) is 127 Å². The molecule has 13 aromatic rings. The van der Waals surface area contributed by atoms with Crippen molar-refractivity contribution < 1.29 is 0 Å². The fraction of sp³-hybridized carbons (Fsp3) is 0.0339. The van der Waals surface area contributed by atoms with Crippen molar-refractivity contribution in [2.45, 2.75) is 12.8 Å². The van der Waals surface area contributed by atoms with E-state index < -0.39 is 0 Å². The Balaban J connectivity index is 1.000. The summed E-state index contributed by atoms with van der Waals surface area (Å²) in [4.78, 5) is 5.35. The molecule has 5 nitrogen and oxygen atoms in total. The predicted octanol–water partition coefficient (Wildman–Crippen LogP) is 15.2. The van der Waals surface area contributed by atoms with Gasteiger partial charge in [-0.3, -0.25) is 4.57 Å². The average Bonchev–Trinajstić information content (AvgIpc) is 4.08. The summed E-state index contributed by atoms with van der Waals surface area (Å²) in [7, 11) is 0. The predicted molar refractivity (Wildman–Crippen MR) is 269 cm³/mol. The third-order valence-corrected chi connectivity index (χ3v) is 13.6. The molecule has 1 aliphatic heterocycles. The summed E-state index contributed by atoms with van der Waals surface area (Å²) in [6.45, 7) is 0. The molecule has 4 aromatic heterocycles. The number of benzene rings is 9. The Kier molecular flexibility index (Phi) is 7.45. The maximum atomic E-state index is 5.35. The van der Waals surface area contributed by atoms with Crippen molar-refractivity contribution in [2.24, 2.45) is 4.99 Å². The normalized spacial score (nSPS) is 13.4. The van der Waals surface area contributed by atoms with Crippen molar-refractivity contribution in [1.82, 2.24) is 18.3 Å². The largest absolute Gasteiger partial charge is 0.309 e. The summed E-state index contributed by atoms with van der Waals surface area (Å²) in [5.41, 5.74) is 15.2. The van der Waals surface area contributed by atoms with Crippen LogP contribution in [0.1, 0.15) is 18.4 Å². The molecule has 5 heterocycles. The van der Waals surface area contributed by atoms with E-state index in [4.69, 9.17) is 4.99 Å². The molecule has 14 rings (SSSR count). The first-order valence-corrected chi connectivity index (χ1v) is 22.2. The first-order chi connectivity index (χ1) is 31.8. The number of fused-ring (bicyclic) bond motifs is 13. The highest BCUT2D eigenvalue weighted by Gasteiger charge is 2.23. The van der Waals surface area contributed by atoms with Gasteiger partial charge in [-0.15, -0.1) is 0 Å². The van der Waals surface area contributed by atoms with E-state index in [1.807, 2.05) is 0 Å². The molecule has 0 aliphatic carbocycles. The number of nitrogens with zero attached hydrogens (tertiary/aromatic N) is 5. The van der Waals surface area contributed by atoms with Crippen LogP contribution in [0, 0.1) is 0 Å². The topological polar surface area (TPSA) is 32.1 Å². The smallest absolute Gasteiger partial charge is 0.133 e. The van der Waals surface area contributed by atoms with Crippen molar-refractivity contribution in [3.8, 4) is 17.1 Å². The van der Waals surface area contributed by atoms with Crippen LogP contribution >= 0.6 is 0 Å². The number of allylic oxidation sites excluding steroid dienone is 1. The summed E-state index contributed by atoms with van der Waals surface area (Å²) in [6, 6.07) is 75.3. The molecule has 0 atom stereocenters. The molecule has 0 fully saturated rings. The van der Waals surface area contributed by atoms with Crippen LogP contribution in [0.4, 0.5) is 0 Å². The van der Waals surface area contributed by atoms with Gasteiger partial charge in [-0.25, -0.2) is 4.99 Å². The maximum absolute atomic E-state index is 5.35. The van der Waals surface area contributed by atoms with E-state index in [-0.39, 0.29) is 0 Å². The van der Waals surface area contributed by atoms with Crippen molar-refractivity contribution in [2.75, 3.05) is 0 Å². The van der Waals surface area contributed by atoms with E-state index in [1.165, 1.54) is 92.8 Å². The van der Waals surface area contributed by atoms with E-state index in [0.29, 0.717) is 0 Å². The van der Waals surface area contributed by atoms with Gasteiger partial charge in [0, 0.05) is 60.2 Å². The van der Waals surface area contributed by atoms with Crippen LogP contribution in [0.5, 0.6) is 0 Å². The third-order valence-electron chi connectivity index (χ3n) is 13.6. The molecule has 0 unspecified atom stereocenters. The summed E-state index contributed by atoms with van der Waals surface area (Å²) in [6.07, 6.45) is 4.18. The second-order valence-corrected chi connectivity index (χ2v) is 17.0. The SMILES string of the molecule is C1=C(n2c3ccccc3c3c4c5ccccc5n(-c5cccc(-n6c7ccccc7c7cc8c(cc76)c6ccccc6n8-c6ccccc6)c5)c4ccc32)N=C(c2ccccc2)CC1. The van der Waals surface area contributed by atoms with Gasteiger partial charge >= 0.3 is 0 Å². The number of hydrogen-bond acceptors (Lipinski definition) is 1. The molecule has 0 saturated heterocycles. The van der Waals surface area contributed by atoms with E-state index in [2.05, 4.69) is 231 Å². The van der Waals surface area contributed by atoms with Crippen LogP contribution < -0.4 is 0 Å². The molecule has 64 heavy (non-hydrogen) atoms. The molecule has 0 bridgehead atoms. The van der Waals surface area contributed by atoms with Crippen molar-refractivity contribution in [3.05, 3.63) is 218 Å². The van der Waals surface area contributed by atoms with Gasteiger partial charge in [0.1, 0.15) is 5.82 Å². The average molecular weight is 818 g/mol. The fourth-order valence-electron chi connectivity index (χ4n) is 10.9. The molecular weight excluding hydrogens is 779 g/mol. The van der Waals surface area contributed by atoms with E-state index >= 15 is 0 Å². The quantitative estimate of drug-likeness (QED) is 0.166.